The lowest BCUT2D eigenvalue weighted by atomic mass is 9.46. The van der Waals surface area contributed by atoms with E-state index in [0.717, 1.165) is 19.1 Å². The van der Waals surface area contributed by atoms with E-state index in [0.29, 0.717) is 17.7 Å². The number of halogens is 18. The van der Waals surface area contributed by atoms with Crippen molar-refractivity contribution >= 4 is 10.1 Å². The van der Waals surface area contributed by atoms with E-state index in [1.54, 1.807) is 6.08 Å². The van der Waals surface area contributed by atoms with E-state index in [2.05, 4.69) is 4.18 Å². The third-order valence-electron chi connectivity index (χ3n) is 13.0. The molecule has 4 fully saturated rings. The van der Waals surface area contributed by atoms with Crippen molar-refractivity contribution in [3.63, 3.8) is 0 Å². The van der Waals surface area contributed by atoms with Gasteiger partial charge in [0.25, 0.3) is 0 Å². The number of allylic oxidation sites excluding steroid dienone is 1. The molecule has 1 aromatic carbocycles. The van der Waals surface area contributed by atoms with Crippen molar-refractivity contribution < 1.29 is 106 Å². The first-order chi connectivity index (χ1) is 26.5. The largest absolute Gasteiger partial charge is 0.460 e. The van der Waals surface area contributed by atoms with Crippen LogP contribution in [0.25, 0.3) is 0 Å². The third-order valence-corrected chi connectivity index (χ3v) is 14.3. The van der Waals surface area contributed by atoms with Crippen molar-refractivity contribution in [3.05, 3.63) is 41.5 Å². The zero-order valence-corrected chi connectivity index (χ0v) is 30.7. The fourth-order valence-electron chi connectivity index (χ4n) is 10.1. The topological polar surface area (TPSA) is 82.1 Å². The Bertz CT molecular complexity index is 1920. The molecular formula is C34H32F18O6S. The van der Waals surface area contributed by atoms with E-state index in [1.165, 1.54) is 0 Å². The summed E-state index contributed by atoms with van der Waals surface area (Å²) in [5.74, 6) is -43.5. The number of alkyl halides is 18. The molecule has 7 atom stereocenters. The van der Waals surface area contributed by atoms with Crippen LogP contribution in [0.4, 0.5) is 79.0 Å². The molecule has 3 saturated carbocycles. The minimum absolute atomic E-state index is 0.0502. The summed E-state index contributed by atoms with van der Waals surface area (Å²) in [5.41, 5.74) is -6.31. The maximum atomic E-state index is 15.9. The fraction of sp³-hybridized carbons (Fsp3) is 0.765. The molecule has 0 radical (unpaired) electrons. The van der Waals surface area contributed by atoms with Gasteiger partial charge in [0.1, 0.15) is 11.4 Å². The Balaban J connectivity index is 1.40. The highest BCUT2D eigenvalue weighted by Gasteiger charge is 2.89. The number of hydrogen-bond acceptors (Lipinski definition) is 6. The van der Waals surface area contributed by atoms with Gasteiger partial charge in [0.15, 0.2) is 5.79 Å². The monoisotopic (exact) mass is 910 g/mol. The number of ether oxygens (including phenoxy) is 2. The van der Waals surface area contributed by atoms with Crippen molar-refractivity contribution in [3.8, 4) is 5.75 Å². The van der Waals surface area contributed by atoms with Crippen molar-refractivity contribution in [2.75, 3.05) is 13.2 Å². The second-order valence-corrected chi connectivity index (χ2v) is 17.5. The molecule has 25 heteroatoms. The van der Waals surface area contributed by atoms with Gasteiger partial charge in [0, 0.05) is 18.3 Å². The number of benzene rings is 1. The quantitative estimate of drug-likeness (QED) is 0.151. The molecule has 1 unspecified atom stereocenters. The predicted octanol–water partition coefficient (Wildman–Crippen LogP) is 10.0. The summed E-state index contributed by atoms with van der Waals surface area (Å²) in [6.45, 7) is 1.27. The fourth-order valence-corrected chi connectivity index (χ4v) is 11.0. The Morgan fingerprint density at radius 3 is 1.76 bits per heavy atom. The summed E-state index contributed by atoms with van der Waals surface area (Å²) in [6.07, 6.45) is -15.1. The second kappa shape index (κ2) is 13.4. The molecule has 5 aliphatic rings. The number of hydrogen-bond donors (Lipinski definition) is 1. The van der Waals surface area contributed by atoms with Crippen LogP contribution in [0.15, 0.2) is 35.9 Å². The zero-order chi connectivity index (χ0) is 44.6. The molecule has 1 N–H and O–H groups in total. The van der Waals surface area contributed by atoms with Crippen LogP contribution in [0, 0.1) is 29.1 Å². The standard InChI is InChI=1S/C34H32F18O6S/c1-24-15-21(16-2-5-18(6-3-16)58-59(54,55)34(51,52)31(43,44)30(41,42)33(48,49)50)23-19-8-10-25(56-12-13-57-25)14-17(19)4-7-20(23)22(24)9-11-26(24,53)27(35,36)28(37,38)29(39,40)32(45,46)47/h2-6,19-23,53H,7-15H2,1H3/t19-,20-,21?,22-,23+,24-,26-/m0/s1. The van der Waals surface area contributed by atoms with E-state index in [9.17, 15) is 75.0 Å². The first-order valence-corrected chi connectivity index (χ1v) is 19.0. The van der Waals surface area contributed by atoms with Crippen LogP contribution in [0.1, 0.15) is 63.4 Å². The summed E-state index contributed by atoms with van der Waals surface area (Å²) in [6, 6.07) is 2.38. The molecule has 1 saturated heterocycles. The maximum absolute atomic E-state index is 15.9. The molecule has 1 heterocycles. The average molecular weight is 911 g/mol. The van der Waals surface area contributed by atoms with Gasteiger partial charge in [-0.25, -0.2) is 0 Å². The Hall–Kier alpha value is -2.67. The molecule has 59 heavy (non-hydrogen) atoms. The van der Waals surface area contributed by atoms with Gasteiger partial charge in [-0.2, -0.15) is 87.4 Å². The lowest BCUT2D eigenvalue weighted by Gasteiger charge is -2.60. The van der Waals surface area contributed by atoms with Crippen LogP contribution in [-0.2, 0) is 19.6 Å². The Morgan fingerprint density at radius 2 is 1.24 bits per heavy atom. The Kier molecular flexibility index (Phi) is 10.4. The highest BCUT2D eigenvalue weighted by Crippen LogP contribution is 2.73. The maximum Gasteiger partial charge on any atom is 0.460 e. The number of rotatable bonds is 9. The Morgan fingerprint density at radius 1 is 0.712 bits per heavy atom. The van der Waals surface area contributed by atoms with Gasteiger partial charge in [-0.15, -0.1) is 0 Å². The van der Waals surface area contributed by atoms with Crippen molar-refractivity contribution in [1.82, 2.24) is 0 Å². The van der Waals surface area contributed by atoms with E-state index in [1.807, 2.05) is 0 Å². The highest BCUT2D eigenvalue weighted by molar-refractivity contribution is 7.88. The molecule has 1 spiro atoms. The smallest absolute Gasteiger partial charge is 0.383 e. The Labute approximate surface area is 322 Å². The van der Waals surface area contributed by atoms with Crippen molar-refractivity contribution in [2.24, 2.45) is 29.1 Å². The van der Waals surface area contributed by atoms with Gasteiger partial charge in [0.2, 0.25) is 0 Å². The van der Waals surface area contributed by atoms with Gasteiger partial charge in [-0.05, 0) is 79.4 Å². The second-order valence-electron chi connectivity index (χ2n) is 15.9. The van der Waals surface area contributed by atoms with E-state index < -0.39 is 129 Å². The third kappa shape index (κ3) is 6.20. The molecule has 6 rings (SSSR count). The molecule has 1 aliphatic heterocycles. The van der Waals surface area contributed by atoms with Gasteiger partial charge in [-0.1, -0.05) is 30.7 Å². The molecular weight excluding hydrogens is 878 g/mol. The normalized spacial score (nSPS) is 32.3. The number of fused-ring (bicyclic) bond motifs is 5. The molecule has 4 aliphatic carbocycles. The highest BCUT2D eigenvalue weighted by atomic mass is 32.2. The van der Waals surface area contributed by atoms with E-state index in [4.69, 9.17) is 9.47 Å². The van der Waals surface area contributed by atoms with Crippen LogP contribution < -0.4 is 4.18 Å². The average Bonchev–Trinajstić information content (AvgIpc) is 3.67. The van der Waals surface area contributed by atoms with Crippen LogP contribution in [0.3, 0.4) is 0 Å². The van der Waals surface area contributed by atoms with Gasteiger partial charge < -0.3 is 18.8 Å². The lowest BCUT2D eigenvalue weighted by Crippen LogP contribution is -2.72. The van der Waals surface area contributed by atoms with Crippen LogP contribution >= 0.6 is 0 Å². The molecule has 0 bridgehead atoms. The molecule has 0 aromatic heterocycles. The summed E-state index contributed by atoms with van der Waals surface area (Å²) in [7, 11) is -7.41. The minimum Gasteiger partial charge on any atom is -0.383 e. The molecule has 1 aromatic rings. The van der Waals surface area contributed by atoms with Crippen LogP contribution in [0.5, 0.6) is 5.75 Å². The summed E-state index contributed by atoms with van der Waals surface area (Å²) < 4.78 is 291. The number of aliphatic hydroxyl groups is 1. The van der Waals surface area contributed by atoms with Crippen molar-refractivity contribution in [2.45, 2.75) is 116 Å². The molecule has 336 valence electrons. The van der Waals surface area contributed by atoms with E-state index in [-0.39, 0.29) is 44.5 Å². The van der Waals surface area contributed by atoms with Crippen LogP contribution in [-0.4, -0.2) is 85.3 Å². The lowest BCUT2D eigenvalue weighted by molar-refractivity contribution is -0.425. The van der Waals surface area contributed by atoms with Gasteiger partial charge >= 0.3 is 57.3 Å². The zero-order valence-electron chi connectivity index (χ0n) is 29.8. The minimum atomic E-state index is -7.64. The van der Waals surface area contributed by atoms with Crippen LogP contribution in [0.2, 0.25) is 0 Å². The van der Waals surface area contributed by atoms with Gasteiger partial charge in [-0.3, -0.25) is 0 Å². The van der Waals surface area contributed by atoms with Crippen molar-refractivity contribution in [1.29, 1.82) is 0 Å². The SMILES string of the molecule is C[C@]12CC(c3ccc(OS(=O)(=O)C(F)(F)C(F)(F)C(F)(F)C(F)(F)F)cc3)[C@H]3[C@@H](CC=C4CC5(CC[C@@H]43)OCCO5)[C@@H]1CC[C@@]2(O)C(F)(F)C(F)(F)C(F)(F)C(F)(F)F. The molecule has 6 nitrogen and oxygen atoms in total. The first kappa shape index (κ1) is 45.8. The molecule has 0 amide bonds. The first-order valence-electron chi connectivity index (χ1n) is 17.6. The summed E-state index contributed by atoms with van der Waals surface area (Å²) >= 11 is 0. The van der Waals surface area contributed by atoms with E-state index >= 15 is 17.6 Å². The van der Waals surface area contributed by atoms with Gasteiger partial charge in [0.05, 0.1) is 13.2 Å². The summed E-state index contributed by atoms with van der Waals surface area (Å²) in [5, 5.41) is 4.33. The predicted molar refractivity (Wildman–Crippen MR) is 163 cm³/mol. The summed E-state index contributed by atoms with van der Waals surface area (Å²) in [4.78, 5) is 0.